The number of rotatable bonds is 10. The quantitative estimate of drug-likeness (QED) is 0.467. The average Bonchev–Trinajstić information content (AvgIpc) is 3.12. The van der Waals surface area contributed by atoms with Crippen LogP contribution in [0.25, 0.3) is 0 Å². The highest BCUT2D eigenvalue weighted by molar-refractivity contribution is 5.84. The van der Waals surface area contributed by atoms with Crippen molar-refractivity contribution in [3.8, 4) is 0 Å². The highest BCUT2D eigenvalue weighted by Crippen LogP contribution is 2.30. The summed E-state index contributed by atoms with van der Waals surface area (Å²) >= 11 is 0. The van der Waals surface area contributed by atoms with Crippen molar-refractivity contribution in [1.29, 1.82) is 0 Å². The number of aliphatic imine (C=N–C) groups is 1. The van der Waals surface area contributed by atoms with Crippen LogP contribution < -0.4 is 10.6 Å². The molecule has 1 rings (SSSR count). The topological polar surface area (TPSA) is 66.0 Å². The third-order valence-corrected chi connectivity index (χ3v) is 4.89. The molecule has 6 nitrogen and oxygen atoms in total. The van der Waals surface area contributed by atoms with E-state index in [1.165, 1.54) is 25.7 Å². The Morgan fingerprint density at radius 3 is 2.52 bits per heavy atom. The van der Waals surface area contributed by atoms with E-state index in [-0.39, 0.29) is 12.5 Å². The summed E-state index contributed by atoms with van der Waals surface area (Å²) in [4.78, 5) is 17.8. The van der Waals surface area contributed by atoms with E-state index >= 15 is 0 Å². The fourth-order valence-corrected chi connectivity index (χ4v) is 3.11. The standard InChI is InChI=1S/C19H38N4O2/c1-6-15(3)22-19(21-14-18(24)23(4)5)20-13-12-17(25-7-2)16-10-8-9-11-16/h15-17H,6-14H2,1-5H3,(H2,20,21,22). The summed E-state index contributed by atoms with van der Waals surface area (Å²) in [7, 11) is 3.50. The first-order valence-corrected chi connectivity index (χ1v) is 9.84. The van der Waals surface area contributed by atoms with Crippen LogP contribution in [-0.4, -0.2) is 62.7 Å². The van der Waals surface area contributed by atoms with Crippen LogP contribution in [0.15, 0.2) is 4.99 Å². The summed E-state index contributed by atoms with van der Waals surface area (Å²) in [6.45, 7) is 8.05. The van der Waals surface area contributed by atoms with Gasteiger partial charge in [-0.15, -0.1) is 0 Å². The minimum absolute atomic E-state index is 0.00315. The Labute approximate surface area is 153 Å². The molecule has 2 N–H and O–H groups in total. The maximum absolute atomic E-state index is 11.8. The van der Waals surface area contributed by atoms with Gasteiger partial charge in [0.25, 0.3) is 0 Å². The molecular formula is C19H38N4O2. The summed E-state index contributed by atoms with van der Waals surface area (Å²) in [5, 5.41) is 6.74. The summed E-state index contributed by atoms with van der Waals surface area (Å²) in [6, 6.07) is 0.318. The van der Waals surface area contributed by atoms with Crippen LogP contribution in [-0.2, 0) is 9.53 Å². The molecule has 1 amide bonds. The second-order valence-corrected chi connectivity index (χ2v) is 7.16. The Balaban J connectivity index is 2.54. The van der Waals surface area contributed by atoms with E-state index in [1.807, 2.05) is 0 Å². The van der Waals surface area contributed by atoms with E-state index in [4.69, 9.17) is 4.74 Å². The molecule has 25 heavy (non-hydrogen) atoms. The van der Waals surface area contributed by atoms with Gasteiger partial charge in [0.15, 0.2) is 5.96 Å². The molecule has 2 atom stereocenters. The molecule has 1 aliphatic carbocycles. The van der Waals surface area contributed by atoms with Gasteiger partial charge in [0, 0.05) is 33.3 Å². The molecule has 0 aliphatic heterocycles. The predicted octanol–water partition coefficient (Wildman–Crippen LogP) is 2.39. The number of hydrogen-bond donors (Lipinski definition) is 2. The smallest absolute Gasteiger partial charge is 0.243 e. The van der Waals surface area contributed by atoms with Crippen LogP contribution in [0.4, 0.5) is 0 Å². The Hall–Kier alpha value is -1.30. The number of carbonyl (C=O) groups is 1. The van der Waals surface area contributed by atoms with Gasteiger partial charge in [0.05, 0.1) is 6.10 Å². The van der Waals surface area contributed by atoms with Crippen molar-refractivity contribution in [3.05, 3.63) is 0 Å². The molecule has 1 saturated carbocycles. The normalized spacial score (nSPS) is 18.0. The zero-order valence-electron chi connectivity index (χ0n) is 16.8. The lowest BCUT2D eigenvalue weighted by Crippen LogP contribution is -2.44. The van der Waals surface area contributed by atoms with Gasteiger partial charge in [-0.25, -0.2) is 4.99 Å². The van der Waals surface area contributed by atoms with Gasteiger partial charge in [-0.3, -0.25) is 4.79 Å². The number of guanidine groups is 1. The van der Waals surface area contributed by atoms with Crippen molar-refractivity contribution in [2.45, 2.75) is 71.4 Å². The zero-order valence-corrected chi connectivity index (χ0v) is 16.8. The summed E-state index contributed by atoms with van der Waals surface area (Å²) < 4.78 is 5.98. The number of hydrogen-bond acceptors (Lipinski definition) is 3. The van der Waals surface area contributed by atoms with Gasteiger partial charge < -0.3 is 20.3 Å². The number of nitrogens with zero attached hydrogens (tertiary/aromatic N) is 2. The second kappa shape index (κ2) is 12.1. The van der Waals surface area contributed by atoms with Gasteiger partial charge in [0.1, 0.15) is 6.54 Å². The van der Waals surface area contributed by atoms with Gasteiger partial charge in [-0.05, 0) is 45.4 Å². The van der Waals surface area contributed by atoms with Gasteiger partial charge in [-0.2, -0.15) is 0 Å². The molecule has 0 radical (unpaired) electrons. The highest BCUT2D eigenvalue weighted by atomic mass is 16.5. The molecule has 0 bridgehead atoms. The number of carbonyl (C=O) groups excluding carboxylic acids is 1. The maximum Gasteiger partial charge on any atom is 0.243 e. The SMILES string of the molecule is CCOC(CCNC(=NCC(=O)N(C)C)NC(C)CC)C1CCCC1. The van der Waals surface area contributed by atoms with Crippen molar-refractivity contribution in [2.24, 2.45) is 10.9 Å². The molecule has 1 aliphatic rings. The van der Waals surface area contributed by atoms with Crippen LogP contribution in [0.2, 0.25) is 0 Å². The summed E-state index contributed by atoms with van der Waals surface area (Å²) in [6.07, 6.45) is 7.54. The monoisotopic (exact) mass is 354 g/mol. The first-order chi connectivity index (χ1) is 12.0. The molecule has 0 heterocycles. The van der Waals surface area contributed by atoms with Gasteiger partial charge in [0.2, 0.25) is 5.91 Å². The number of ether oxygens (including phenoxy) is 1. The molecular weight excluding hydrogens is 316 g/mol. The predicted molar refractivity (Wildman–Crippen MR) is 104 cm³/mol. The number of amides is 1. The number of nitrogens with one attached hydrogen (secondary N) is 2. The molecule has 1 fully saturated rings. The molecule has 0 spiro atoms. The molecule has 0 aromatic rings. The third-order valence-electron chi connectivity index (χ3n) is 4.89. The zero-order chi connectivity index (χ0) is 18.7. The van der Waals surface area contributed by atoms with Crippen molar-refractivity contribution < 1.29 is 9.53 Å². The Kier molecular flexibility index (Phi) is 10.5. The van der Waals surface area contributed by atoms with Crippen LogP contribution >= 0.6 is 0 Å². The Morgan fingerprint density at radius 2 is 1.96 bits per heavy atom. The fourth-order valence-electron chi connectivity index (χ4n) is 3.11. The molecule has 0 aromatic carbocycles. The van der Waals surface area contributed by atoms with Crippen molar-refractivity contribution in [1.82, 2.24) is 15.5 Å². The first-order valence-electron chi connectivity index (χ1n) is 9.84. The maximum atomic E-state index is 11.8. The minimum atomic E-state index is 0.00315. The molecule has 6 heteroatoms. The van der Waals surface area contributed by atoms with Crippen molar-refractivity contribution >= 4 is 11.9 Å². The largest absolute Gasteiger partial charge is 0.378 e. The molecule has 0 aromatic heterocycles. The van der Waals surface area contributed by atoms with E-state index in [1.54, 1.807) is 19.0 Å². The van der Waals surface area contributed by atoms with Crippen LogP contribution in [0, 0.1) is 5.92 Å². The van der Waals surface area contributed by atoms with Crippen molar-refractivity contribution in [2.75, 3.05) is 33.8 Å². The fraction of sp³-hybridized carbons (Fsp3) is 0.895. The lowest BCUT2D eigenvalue weighted by atomic mass is 9.98. The van der Waals surface area contributed by atoms with E-state index < -0.39 is 0 Å². The summed E-state index contributed by atoms with van der Waals surface area (Å²) in [5.41, 5.74) is 0. The van der Waals surface area contributed by atoms with Crippen LogP contribution in [0.3, 0.4) is 0 Å². The highest BCUT2D eigenvalue weighted by Gasteiger charge is 2.25. The summed E-state index contributed by atoms with van der Waals surface area (Å²) in [5.74, 6) is 1.41. The van der Waals surface area contributed by atoms with Gasteiger partial charge >= 0.3 is 0 Å². The van der Waals surface area contributed by atoms with Crippen LogP contribution in [0.5, 0.6) is 0 Å². The Bertz CT molecular complexity index is 406. The van der Waals surface area contributed by atoms with E-state index in [0.29, 0.717) is 24.0 Å². The second-order valence-electron chi connectivity index (χ2n) is 7.16. The first kappa shape index (κ1) is 21.7. The lowest BCUT2D eigenvalue weighted by molar-refractivity contribution is -0.127. The van der Waals surface area contributed by atoms with E-state index in [9.17, 15) is 4.79 Å². The third kappa shape index (κ3) is 8.56. The van der Waals surface area contributed by atoms with Crippen molar-refractivity contribution in [3.63, 3.8) is 0 Å². The average molecular weight is 355 g/mol. The van der Waals surface area contributed by atoms with E-state index in [2.05, 4.69) is 36.4 Å². The Morgan fingerprint density at radius 1 is 1.28 bits per heavy atom. The van der Waals surface area contributed by atoms with Crippen LogP contribution in [0.1, 0.15) is 59.3 Å². The molecule has 2 unspecified atom stereocenters. The minimum Gasteiger partial charge on any atom is -0.378 e. The molecule has 0 saturated heterocycles. The van der Waals surface area contributed by atoms with Gasteiger partial charge in [-0.1, -0.05) is 19.8 Å². The van der Waals surface area contributed by atoms with E-state index in [0.717, 1.165) is 26.0 Å². The molecule has 146 valence electrons. The number of likely N-dealkylation sites (N-methyl/N-ethyl adjacent to an activating group) is 1. The lowest BCUT2D eigenvalue weighted by Gasteiger charge is -2.24.